The summed E-state index contributed by atoms with van der Waals surface area (Å²) >= 11 is 12.1. The fraction of sp³-hybridized carbons (Fsp3) is 0.292. The van der Waals surface area contributed by atoms with Crippen molar-refractivity contribution in [1.82, 2.24) is 4.57 Å². The van der Waals surface area contributed by atoms with E-state index in [-0.39, 0.29) is 17.7 Å². The molecule has 3 rings (SSSR count). The number of carbonyl (C=O) groups is 1. The van der Waals surface area contributed by atoms with Crippen LogP contribution in [0.1, 0.15) is 47.5 Å². The van der Waals surface area contributed by atoms with Gasteiger partial charge in [0.05, 0.1) is 41.6 Å². The van der Waals surface area contributed by atoms with Crippen molar-refractivity contribution in [2.24, 2.45) is 0 Å². The lowest BCUT2D eigenvalue weighted by Crippen LogP contribution is -2.23. The fourth-order valence-corrected chi connectivity index (χ4v) is 3.88. The molecule has 0 fully saturated rings. The van der Waals surface area contributed by atoms with Gasteiger partial charge in [0.15, 0.2) is 0 Å². The molecule has 1 N–H and O–H groups in total. The van der Waals surface area contributed by atoms with Gasteiger partial charge in [0, 0.05) is 24.0 Å². The van der Waals surface area contributed by atoms with Crippen molar-refractivity contribution >= 4 is 34.9 Å². The molecule has 8 heteroatoms. The number of methoxy groups -OCH3 is 1. The Kier molecular flexibility index (Phi) is 8.18. The minimum atomic E-state index is -0.510. The number of benzene rings is 2. The zero-order valence-corrected chi connectivity index (χ0v) is 19.6. The molecule has 0 saturated carbocycles. The van der Waals surface area contributed by atoms with Gasteiger partial charge in [0.2, 0.25) is 0 Å². The van der Waals surface area contributed by atoms with Gasteiger partial charge in [-0.05, 0) is 55.8 Å². The van der Waals surface area contributed by atoms with Crippen LogP contribution in [-0.4, -0.2) is 30.9 Å². The topological polar surface area (TPSA) is 52.5 Å². The third-order valence-corrected chi connectivity index (χ3v) is 5.58. The van der Waals surface area contributed by atoms with Gasteiger partial charge in [-0.1, -0.05) is 35.3 Å². The van der Waals surface area contributed by atoms with E-state index in [2.05, 4.69) is 5.32 Å². The van der Waals surface area contributed by atoms with Crippen LogP contribution in [0.25, 0.3) is 0 Å². The number of anilines is 1. The zero-order valence-electron chi connectivity index (χ0n) is 18.1. The number of carbonyl (C=O) groups excluding carboxylic acids is 1. The SMILES string of the molecule is CCOC(=O)c1ccn([C@H](C)COC)c1C(Nc1ccc(F)c(Cl)c1)c1ccc(Cl)cc1. The van der Waals surface area contributed by atoms with Crippen LogP contribution in [0.2, 0.25) is 10.0 Å². The lowest BCUT2D eigenvalue weighted by Gasteiger charge is -2.26. The molecule has 2 atom stereocenters. The van der Waals surface area contributed by atoms with Crippen molar-refractivity contribution < 1.29 is 18.7 Å². The number of rotatable bonds is 9. The van der Waals surface area contributed by atoms with Gasteiger partial charge in [-0.15, -0.1) is 0 Å². The highest BCUT2D eigenvalue weighted by Gasteiger charge is 2.28. The lowest BCUT2D eigenvalue weighted by atomic mass is 9.99. The Morgan fingerprint density at radius 1 is 1.16 bits per heavy atom. The Hall–Kier alpha value is -2.54. The molecular weight excluding hydrogens is 454 g/mol. The zero-order chi connectivity index (χ0) is 23.3. The van der Waals surface area contributed by atoms with Crippen molar-refractivity contribution in [1.29, 1.82) is 0 Å². The van der Waals surface area contributed by atoms with E-state index in [9.17, 15) is 9.18 Å². The van der Waals surface area contributed by atoms with Crippen LogP contribution >= 0.6 is 23.2 Å². The van der Waals surface area contributed by atoms with Crippen molar-refractivity contribution in [2.75, 3.05) is 25.6 Å². The van der Waals surface area contributed by atoms with Crippen LogP contribution in [0, 0.1) is 5.82 Å². The van der Waals surface area contributed by atoms with E-state index in [1.165, 1.54) is 12.1 Å². The van der Waals surface area contributed by atoms with Gasteiger partial charge in [-0.25, -0.2) is 9.18 Å². The average molecular weight is 479 g/mol. The third-order valence-electron chi connectivity index (χ3n) is 5.04. The molecule has 0 spiro atoms. The molecule has 0 amide bonds. The molecule has 1 heterocycles. The highest BCUT2D eigenvalue weighted by molar-refractivity contribution is 6.31. The van der Waals surface area contributed by atoms with E-state index in [4.69, 9.17) is 32.7 Å². The van der Waals surface area contributed by atoms with Crippen molar-refractivity contribution in [3.8, 4) is 0 Å². The summed E-state index contributed by atoms with van der Waals surface area (Å²) in [5, 5.41) is 3.98. The summed E-state index contributed by atoms with van der Waals surface area (Å²) in [5.74, 6) is -0.937. The highest BCUT2D eigenvalue weighted by atomic mass is 35.5. The maximum Gasteiger partial charge on any atom is 0.340 e. The molecule has 3 aromatic rings. The van der Waals surface area contributed by atoms with Crippen LogP contribution in [0.5, 0.6) is 0 Å². The summed E-state index contributed by atoms with van der Waals surface area (Å²) in [7, 11) is 1.63. The summed E-state index contributed by atoms with van der Waals surface area (Å²) in [6.45, 7) is 4.45. The molecule has 170 valence electrons. The number of esters is 1. The normalized spacial score (nSPS) is 12.9. The Labute approximate surface area is 197 Å². The molecule has 0 aliphatic carbocycles. The number of ether oxygens (including phenoxy) is 2. The predicted octanol–water partition coefficient (Wildman–Crippen LogP) is 6.52. The second-order valence-corrected chi connectivity index (χ2v) is 8.15. The molecule has 0 bridgehead atoms. The average Bonchev–Trinajstić information content (AvgIpc) is 3.21. The number of nitrogens with one attached hydrogen (secondary N) is 1. The first-order valence-electron chi connectivity index (χ1n) is 10.2. The highest BCUT2D eigenvalue weighted by Crippen LogP contribution is 2.34. The fourth-order valence-electron chi connectivity index (χ4n) is 3.57. The van der Waals surface area contributed by atoms with E-state index in [1.54, 1.807) is 38.3 Å². The second kappa shape index (κ2) is 10.9. The van der Waals surface area contributed by atoms with Gasteiger partial charge in [0.1, 0.15) is 5.82 Å². The smallest absolute Gasteiger partial charge is 0.340 e. The summed E-state index contributed by atoms with van der Waals surface area (Å²) in [6, 6.07) is 12.9. The molecule has 0 aliphatic rings. The molecule has 1 aromatic heterocycles. The van der Waals surface area contributed by atoms with E-state index < -0.39 is 17.8 Å². The van der Waals surface area contributed by atoms with Gasteiger partial charge in [-0.2, -0.15) is 0 Å². The Morgan fingerprint density at radius 3 is 2.50 bits per heavy atom. The lowest BCUT2D eigenvalue weighted by molar-refractivity contribution is 0.0524. The van der Waals surface area contributed by atoms with Crippen molar-refractivity contribution in [3.05, 3.63) is 87.4 Å². The molecule has 0 radical (unpaired) electrons. The van der Waals surface area contributed by atoms with E-state index in [0.29, 0.717) is 28.6 Å². The molecular formula is C24H25Cl2FN2O3. The van der Waals surface area contributed by atoms with Crippen LogP contribution in [-0.2, 0) is 9.47 Å². The van der Waals surface area contributed by atoms with Gasteiger partial charge < -0.3 is 19.4 Å². The molecule has 1 unspecified atom stereocenters. The number of hydrogen-bond donors (Lipinski definition) is 1. The van der Waals surface area contributed by atoms with Crippen molar-refractivity contribution in [2.45, 2.75) is 25.9 Å². The molecule has 32 heavy (non-hydrogen) atoms. The Morgan fingerprint density at radius 2 is 1.88 bits per heavy atom. The number of hydrogen-bond acceptors (Lipinski definition) is 4. The first-order valence-corrected chi connectivity index (χ1v) is 10.9. The first-order chi connectivity index (χ1) is 15.3. The summed E-state index contributed by atoms with van der Waals surface area (Å²) in [5.41, 5.74) is 2.56. The van der Waals surface area contributed by atoms with E-state index >= 15 is 0 Å². The second-order valence-electron chi connectivity index (χ2n) is 7.30. The molecule has 5 nitrogen and oxygen atoms in total. The molecule has 0 saturated heterocycles. The first kappa shape index (κ1) is 24.1. The monoisotopic (exact) mass is 478 g/mol. The quantitative estimate of drug-likeness (QED) is 0.355. The van der Waals surface area contributed by atoms with Crippen LogP contribution in [0.3, 0.4) is 0 Å². The largest absolute Gasteiger partial charge is 0.462 e. The molecule has 2 aromatic carbocycles. The summed E-state index contributed by atoms with van der Waals surface area (Å²) in [4.78, 5) is 12.8. The van der Waals surface area contributed by atoms with E-state index in [1.807, 2.05) is 29.8 Å². The number of halogens is 3. The predicted molar refractivity (Wildman–Crippen MR) is 125 cm³/mol. The van der Waals surface area contributed by atoms with Gasteiger partial charge in [0.25, 0.3) is 0 Å². The van der Waals surface area contributed by atoms with Crippen LogP contribution in [0.15, 0.2) is 54.7 Å². The van der Waals surface area contributed by atoms with Crippen LogP contribution < -0.4 is 5.32 Å². The van der Waals surface area contributed by atoms with E-state index in [0.717, 1.165) is 5.56 Å². The maximum atomic E-state index is 13.7. The van der Waals surface area contributed by atoms with Crippen molar-refractivity contribution in [3.63, 3.8) is 0 Å². The summed E-state index contributed by atoms with van der Waals surface area (Å²) < 4.78 is 26.4. The maximum absolute atomic E-state index is 13.7. The Bertz CT molecular complexity index is 1070. The third kappa shape index (κ3) is 5.44. The standard InChI is InChI=1S/C24H25Cl2FN2O3/c1-4-32-24(30)19-11-12-29(15(2)14-31-3)23(19)22(16-5-7-17(25)8-6-16)28-18-9-10-21(27)20(26)13-18/h5-13,15,22,28H,4,14H2,1-3H3/t15-,22?/m1/s1. The van der Waals surface area contributed by atoms with Gasteiger partial charge >= 0.3 is 5.97 Å². The minimum Gasteiger partial charge on any atom is -0.462 e. The van der Waals surface area contributed by atoms with Gasteiger partial charge in [-0.3, -0.25) is 0 Å². The number of nitrogens with zero attached hydrogens (tertiary/aromatic N) is 1. The Balaban J connectivity index is 2.17. The number of aromatic nitrogens is 1. The molecule has 0 aliphatic heterocycles. The summed E-state index contributed by atoms with van der Waals surface area (Å²) in [6.07, 6.45) is 1.84. The minimum absolute atomic E-state index is 0.00129. The van der Waals surface area contributed by atoms with Crippen LogP contribution in [0.4, 0.5) is 10.1 Å².